The van der Waals surface area contributed by atoms with E-state index in [9.17, 15) is 0 Å². The third-order valence-electron chi connectivity index (χ3n) is 2.51. The minimum absolute atomic E-state index is 0.458. The fraction of sp³-hybridized carbons (Fsp3) is 0.273. The van der Waals surface area contributed by atoms with Crippen molar-refractivity contribution in [3.8, 4) is 0 Å². The molecule has 0 aliphatic heterocycles. The molecule has 0 radical (unpaired) electrons. The van der Waals surface area contributed by atoms with Crippen molar-refractivity contribution in [2.24, 2.45) is 0 Å². The monoisotopic (exact) mass is 244 g/mol. The van der Waals surface area contributed by atoms with Crippen LogP contribution in [0.2, 0.25) is 0 Å². The van der Waals surface area contributed by atoms with Crippen molar-refractivity contribution in [1.82, 2.24) is 24.7 Å². The molecule has 3 aromatic rings. The lowest BCUT2D eigenvalue weighted by Crippen LogP contribution is -2.05. The third-order valence-corrected chi connectivity index (χ3v) is 2.51. The molecule has 0 atom stereocenters. The summed E-state index contributed by atoms with van der Waals surface area (Å²) in [6.45, 7) is 4.26. The smallest absolute Gasteiger partial charge is 0.245 e. The third kappa shape index (κ3) is 1.90. The van der Waals surface area contributed by atoms with E-state index in [0.717, 1.165) is 17.0 Å². The van der Waals surface area contributed by atoms with E-state index in [1.54, 1.807) is 11.4 Å². The fourth-order valence-corrected chi connectivity index (χ4v) is 1.76. The molecular weight excluding hydrogens is 232 g/mol. The topological polar surface area (TPSA) is 81.1 Å². The van der Waals surface area contributed by atoms with Gasteiger partial charge in [-0.25, -0.2) is 4.98 Å². The van der Waals surface area contributed by atoms with E-state index in [2.05, 4.69) is 25.5 Å². The molecule has 0 saturated carbocycles. The molecule has 7 nitrogen and oxygen atoms in total. The molecule has 0 fully saturated rings. The zero-order valence-corrected chi connectivity index (χ0v) is 10.1. The van der Waals surface area contributed by atoms with Gasteiger partial charge in [0.05, 0.1) is 6.54 Å². The molecule has 92 valence electrons. The molecular formula is C11H12N6O. The number of hydrogen-bond donors (Lipinski definition) is 1. The van der Waals surface area contributed by atoms with Crippen LogP contribution in [-0.2, 0) is 6.54 Å². The number of aromatic nitrogens is 5. The average molecular weight is 244 g/mol. The molecule has 0 bridgehead atoms. The van der Waals surface area contributed by atoms with Gasteiger partial charge in [-0.2, -0.15) is 14.6 Å². The van der Waals surface area contributed by atoms with Crippen LogP contribution in [0, 0.1) is 13.8 Å². The lowest BCUT2D eigenvalue weighted by Gasteiger charge is -2.06. The maximum Gasteiger partial charge on any atom is 0.245 e. The lowest BCUT2D eigenvalue weighted by atomic mass is 10.3. The number of hydrogen-bond acceptors (Lipinski definition) is 6. The molecule has 1 N–H and O–H groups in total. The predicted octanol–water partition coefficient (Wildman–Crippen LogP) is 1.34. The Labute approximate surface area is 103 Å². The standard InChI is InChI=1S/C11H12N6O/c1-7-3-9(17-10(4-7)13-6-14-17)12-5-11-15-8(2)16-18-11/h3-4,6,12H,5H2,1-2H3. The second kappa shape index (κ2) is 4.10. The van der Waals surface area contributed by atoms with Crippen LogP contribution in [0.1, 0.15) is 17.3 Å². The molecule has 7 heteroatoms. The van der Waals surface area contributed by atoms with Crippen LogP contribution in [0.15, 0.2) is 23.0 Å². The van der Waals surface area contributed by atoms with E-state index in [0.29, 0.717) is 18.3 Å². The van der Waals surface area contributed by atoms with Gasteiger partial charge < -0.3 is 9.84 Å². The van der Waals surface area contributed by atoms with Crippen molar-refractivity contribution in [2.45, 2.75) is 20.4 Å². The molecule has 0 aliphatic rings. The van der Waals surface area contributed by atoms with Gasteiger partial charge in [0.25, 0.3) is 0 Å². The van der Waals surface area contributed by atoms with Crippen LogP contribution >= 0.6 is 0 Å². The molecule has 0 saturated heterocycles. The molecule has 0 unspecified atom stereocenters. The largest absolute Gasteiger partial charge is 0.361 e. The maximum absolute atomic E-state index is 5.04. The first kappa shape index (κ1) is 10.7. The van der Waals surface area contributed by atoms with Crippen molar-refractivity contribution in [3.05, 3.63) is 35.7 Å². The highest BCUT2D eigenvalue weighted by molar-refractivity contribution is 5.51. The van der Waals surface area contributed by atoms with Crippen LogP contribution < -0.4 is 5.32 Å². The van der Waals surface area contributed by atoms with E-state index < -0.39 is 0 Å². The highest BCUT2D eigenvalue weighted by Crippen LogP contribution is 2.13. The van der Waals surface area contributed by atoms with Crippen molar-refractivity contribution >= 4 is 11.5 Å². The first-order chi connectivity index (χ1) is 8.72. The first-order valence-electron chi connectivity index (χ1n) is 5.56. The van der Waals surface area contributed by atoms with Gasteiger partial charge in [0.15, 0.2) is 11.5 Å². The zero-order valence-electron chi connectivity index (χ0n) is 10.1. The van der Waals surface area contributed by atoms with Crippen LogP contribution in [0.4, 0.5) is 5.82 Å². The number of nitrogens with one attached hydrogen (secondary N) is 1. The van der Waals surface area contributed by atoms with Crippen LogP contribution in [0.25, 0.3) is 5.65 Å². The number of fused-ring (bicyclic) bond motifs is 1. The number of anilines is 1. The normalized spacial score (nSPS) is 11.0. The maximum atomic E-state index is 5.04. The average Bonchev–Trinajstić information content (AvgIpc) is 2.94. The minimum Gasteiger partial charge on any atom is -0.361 e. The summed E-state index contributed by atoms with van der Waals surface area (Å²) in [5.74, 6) is 2.02. The highest BCUT2D eigenvalue weighted by atomic mass is 16.5. The molecule has 0 aromatic carbocycles. The first-order valence-corrected chi connectivity index (χ1v) is 5.56. The quantitative estimate of drug-likeness (QED) is 0.748. The highest BCUT2D eigenvalue weighted by Gasteiger charge is 2.06. The Morgan fingerprint density at radius 1 is 1.33 bits per heavy atom. The van der Waals surface area contributed by atoms with E-state index in [1.807, 2.05) is 19.1 Å². The second-order valence-corrected chi connectivity index (χ2v) is 4.04. The predicted molar refractivity (Wildman–Crippen MR) is 64.1 cm³/mol. The second-order valence-electron chi connectivity index (χ2n) is 4.04. The Balaban J connectivity index is 1.87. The molecule has 18 heavy (non-hydrogen) atoms. The van der Waals surface area contributed by atoms with Crippen molar-refractivity contribution in [3.63, 3.8) is 0 Å². The summed E-state index contributed by atoms with van der Waals surface area (Å²) >= 11 is 0. The summed E-state index contributed by atoms with van der Waals surface area (Å²) in [6, 6.07) is 3.96. The van der Waals surface area contributed by atoms with Crippen LogP contribution in [0.5, 0.6) is 0 Å². The van der Waals surface area contributed by atoms with E-state index in [-0.39, 0.29) is 0 Å². The molecule has 3 rings (SSSR count). The number of pyridine rings is 1. The molecule has 3 aromatic heterocycles. The SMILES string of the molecule is Cc1cc(NCc2nc(C)no2)n2ncnc2c1. The van der Waals surface area contributed by atoms with Gasteiger partial charge >= 0.3 is 0 Å². The summed E-state index contributed by atoms with van der Waals surface area (Å²) in [5.41, 5.74) is 1.92. The van der Waals surface area contributed by atoms with Gasteiger partial charge in [-0.1, -0.05) is 5.16 Å². The number of nitrogens with zero attached hydrogens (tertiary/aromatic N) is 5. The van der Waals surface area contributed by atoms with Crippen molar-refractivity contribution in [1.29, 1.82) is 0 Å². The Bertz CT molecular complexity index is 686. The minimum atomic E-state index is 0.458. The summed E-state index contributed by atoms with van der Waals surface area (Å²) in [4.78, 5) is 8.29. The Morgan fingerprint density at radius 2 is 2.22 bits per heavy atom. The number of rotatable bonds is 3. The van der Waals surface area contributed by atoms with Gasteiger partial charge in [-0.15, -0.1) is 0 Å². The van der Waals surface area contributed by atoms with E-state index >= 15 is 0 Å². The molecule has 3 heterocycles. The Hall–Kier alpha value is -2.44. The summed E-state index contributed by atoms with van der Waals surface area (Å²) in [7, 11) is 0. The summed E-state index contributed by atoms with van der Waals surface area (Å²) in [5, 5.41) is 11.1. The van der Waals surface area contributed by atoms with Gasteiger partial charge in [-0.05, 0) is 31.5 Å². The van der Waals surface area contributed by atoms with Crippen LogP contribution in [0.3, 0.4) is 0 Å². The van der Waals surface area contributed by atoms with Crippen molar-refractivity contribution in [2.75, 3.05) is 5.32 Å². The molecule has 0 spiro atoms. The van der Waals surface area contributed by atoms with Crippen molar-refractivity contribution < 1.29 is 4.52 Å². The van der Waals surface area contributed by atoms with Gasteiger partial charge in [0, 0.05) is 0 Å². The lowest BCUT2D eigenvalue weighted by molar-refractivity contribution is 0.379. The van der Waals surface area contributed by atoms with Gasteiger partial charge in [0.1, 0.15) is 12.1 Å². The molecule has 0 aliphatic carbocycles. The van der Waals surface area contributed by atoms with E-state index in [1.165, 1.54) is 6.33 Å². The number of aryl methyl sites for hydroxylation is 2. The summed E-state index contributed by atoms with van der Waals surface area (Å²) < 4.78 is 6.77. The van der Waals surface area contributed by atoms with Crippen LogP contribution in [-0.4, -0.2) is 24.7 Å². The Kier molecular flexibility index (Phi) is 2.44. The van der Waals surface area contributed by atoms with E-state index in [4.69, 9.17) is 4.52 Å². The molecule has 0 amide bonds. The van der Waals surface area contributed by atoms with Gasteiger partial charge in [-0.3, -0.25) is 0 Å². The summed E-state index contributed by atoms with van der Waals surface area (Å²) in [6.07, 6.45) is 1.52. The zero-order chi connectivity index (χ0) is 12.5. The Morgan fingerprint density at radius 3 is 3.00 bits per heavy atom. The van der Waals surface area contributed by atoms with Gasteiger partial charge in [0.2, 0.25) is 5.89 Å². The fourth-order valence-electron chi connectivity index (χ4n) is 1.76.